The van der Waals surface area contributed by atoms with Crippen LogP contribution in [0.1, 0.15) is 0 Å². The summed E-state index contributed by atoms with van der Waals surface area (Å²) < 4.78 is 12.8. The minimum Gasteiger partial charge on any atom is -0.207 e. The maximum atomic E-state index is 12.8. The molecule has 0 radical (unpaired) electrons. The average Bonchev–Trinajstić information content (AvgIpc) is 2.19. The van der Waals surface area contributed by atoms with E-state index in [4.69, 9.17) is 0 Å². The molecule has 1 aromatic heterocycles. The van der Waals surface area contributed by atoms with Gasteiger partial charge in [0.2, 0.25) is 0 Å². The van der Waals surface area contributed by atoms with Crippen LogP contribution in [-0.4, -0.2) is 10.2 Å². The highest BCUT2D eigenvalue weighted by Gasteiger charge is 1.98. The largest absolute Gasteiger partial charge is 0.207 e. The van der Waals surface area contributed by atoms with Crippen molar-refractivity contribution in [2.45, 2.75) is 0 Å². The zero-order valence-corrected chi connectivity index (χ0v) is 6.81. The number of hydrogen-bond donors (Lipinski definition) is 0. The number of nitrogens with zero attached hydrogens (tertiary/aromatic N) is 2. The smallest absolute Gasteiger partial charge is 0.123 e. The van der Waals surface area contributed by atoms with E-state index in [-0.39, 0.29) is 5.82 Å². The second-order valence-electron chi connectivity index (χ2n) is 2.62. The molecule has 0 aliphatic heterocycles. The van der Waals surface area contributed by atoms with Crippen molar-refractivity contribution in [3.05, 3.63) is 48.4 Å². The Bertz CT molecular complexity index is 401. The van der Waals surface area contributed by atoms with E-state index in [2.05, 4.69) is 10.2 Å². The van der Waals surface area contributed by atoms with Gasteiger partial charge in [-0.25, -0.2) is 4.39 Å². The van der Waals surface area contributed by atoms with Gasteiger partial charge in [-0.3, -0.25) is 0 Å². The van der Waals surface area contributed by atoms with E-state index in [9.17, 15) is 4.39 Å². The molecule has 1 aromatic carbocycles. The Labute approximate surface area is 75.1 Å². The fourth-order valence-electron chi connectivity index (χ4n) is 1.10. The molecular weight excluding hydrogens is 167 g/mol. The molecule has 2 rings (SSSR count). The maximum Gasteiger partial charge on any atom is 0.123 e. The first-order chi connectivity index (χ1) is 6.36. The van der Waals surface area contributed by atoms with Gasteiger partial charge in [0.1, 0.15) is 5.82 Å². The predicted molar refractivity (Wildman–Crippen MR) is 47.4 cm³/mol. The van der Waals surface area contributed by atoms with Gasteiger partial charge in [0.15, 0.2) is 0 Å². The van der Waals surface area contributed by atoms with Gasteiger partial charge in [0, 0.05) is 11.8 Å². The van der Waals surface area contributed by atoms with E-state index < -0.39 is 0 Å². The number of hydrogen-bond acceptors (Lipinski definition) is 2. The summed E-state index contributed by atoms with van der Waals surface area (Å²) in [6, 6.07) is 9.85. The van der Waals surface area contributed by atoms with Crippen LogP contribution < -0.4 is 0 Å². The number of aromatic nitrogens is 2. The molecule has 3 heteroatoms. The van der Waals surface area contributed by atoms with Gasteiger partial charge in [-0.05, 0) is 24.3 Å². The third-order valence-corrected chi connectivity index (χ3v) is 1.69. The Kier molecular flexibility index (Phi) is 2.00. The molecule has 1 heterocycles. The molecule has 2 nitrogen and oxygen atoms in total. The molecule has 0 fully saturated rings. The summed E-state index contributed by atoms with van der Waals surface area (Å²) in [5.74, 6) is -0.261. The molecule has 0 bridgehead atoms. The molecule has 0 atom stereocenters. The minimum atomic E-state index is -0.261. The van der Waals surface area contributed by atoms with Gasteiger partial charge in [0.05, 0.1) is 5.69 Å². The molecule has 0 saturated heterocycles. The van der Waals surface area contributed by atoms with Gasteiger partial charge in [-0.2, -0.15) is 10.2 Å². The molecule has 0 aliphatic rings. The predicted octanol–water partition coefficient (Wildman–Crippen LogP) is 2.28. The van der Waals surface area contributed by atoms with Crippen molar-refractivity contribution in [3.8, 4) is 11.3 Å². The highest BCUT2D eigenvalue weighted by atomic mass is 19.1. The van der Waals surface area contributed by atoms with E-state index in [1.165, 1.54) is 12.1 Å². The van der Waals surface area contributed by atoms with Crippen LogP contribution in [0.3, 0.4) is 0 Å². The van der Waals surface area contributed by atoms with Crippen LogP contribution in [0.5, 0.6) is 0 Å². The number of benzene rings is 1. The van der Waals surface area contributed by atoms with Crippen LogP contribution in [0.2, 0.25) is 0 Å². The van der Waals surface area contributed by atoms with Gasteiger partial charge in [0.25, 0.3) is 0 Å². The molecule has 0 aliphatic carbocycles. The van der Waals surface area contributed by atoms with Gasteiger partial charge in [-0.15, -0.1) is 0 Å². The van der Waals surface area contributed by atoms with Crippen LogP contribution in [0, 0.1) is 5.82 Å². The van der Waals surface area contributed by atoms with Crippen molar-refractivity contribution in [1.29, 1.82) is 0 Å². The van der Waals surface area contributed by atoms with Gasteiger partial charge < -0.3 is 0 Å². The fraction of sp³-hybridized carbons (Fsp3) is 0. The first-order valence-electron chi connectivity index (χ1n) is 3.90. The Hall–Kier alpha value is -1.77. The minimum absolute atomic E-state index is 0.261. The quantitative estimate of drug-likeness (QED) is 0.662. The van der Waals surface area contributed by atoms with Crippen LogP contribution in [-0.2, 0) is 0 Å². The second-order valence-corrected chi connectivity index (χ2v) is 2.62. The lowest BCUT2D eigenvalue weighted by Crippen LogP contribution is -1.85. The molecule has 64 valence electrons. The zero-order chi connectivity index (χ0) is 9.10. The Morgan fingerprint density at radius 2 is 2.00 bits per heavy atom. The second kappa shape index (κ2) is 3.31. The van der Waals surface area contributed by atoms with Crippen LogP contribution >= 0.6 is 0 Å². The fourth-order valence-corrected chi connectivity index (χ4v) is 1.10. The van der Waals surface area contributed by atoms with Crippen molar-refractivity contribution in [1.82, 2.24) is 10.2 Å². The van der Waals surface area contributed by atoms with Gasteiger partial charge in [-0.1, -0.05) is 12.1 Å². The molecule has 0 N–H and O–H groups in total. The lowest BCUT2D eigenvalue weighted by atomic mass is 10.1. The third-order valence-electron chi connectivity index (χ3n) is 1.69. The lowest BCUT2D eigenvalue weighted by Gasteiger charge is -1.97. The Balaban J connectivity index is 2.48. The number of rotatable bonds is 1. The van der Waals surface area contributed by atoms with E-state index in [1.54, 1.807) is 30.5 Å². The summed E-state index contributed by atoms with van der Waals surface area (Å²) in [5.41, 5.74) is 1.43. The summed E-state index contributed by atoms with van der Waals surface area (Å²) in [6.45, 7) is 0. The van der Waals surface area contributed by atoms with E-state index in [1.807, 2.05) is 0 Å². The van der Waals surface area contributed by atoms with E-state index in [0.717, 1.165) is 5.56 Å². The molecule has 0 unspecified atom stereocenters. The molecular formula is C10H7FN2. The molecule has 0 spiro atoms. The lowest BCUT2D eigenvalue weighted by molar-refractivity contribution is 0.628. The topological polar surface area (TPSA) is 25.8 Å². The van der Waals surface area contributed by atoms with Crippen molar-refractivity contribution >= 4 is 0 Å². The molecule has 0 amide bonds. The monoisotopic (exact) mass is 174 g/mol. The van der Waals surface area contributed by atoms with Crippen molar-refractivity contribution in [2.75, 3.05) is 0 Å². The maximum absolute atomic E-state index is 12.8. The van der Waals surface area contributed by atoms with Crippen LogP contribution in [0.4, 0.5) is 4.39 Å². The van der Waals surface area contributed by atoms with Gasteiger partial charge >= 0.3 is 0 Å². The molecule has 0 saturated carbocycles. The van der Waals surface area contributed by atoms with Crippen molar-refractivity contribution in [2.24, 2.45) is 0 Å². The summed E-state index contributed by atoms with van der Waals surface area (Å²) >= 11 is 0. The highest BCUT2D eigenvalue weighted by Crippen LogP contribution is 2.15. The Morgan fingerprint density at radius 3 is 2.69 bits per heavy atom. The van der Waals surface area contributed by atoms with Crippen molar-refractivity contribution < 1.29 is 4.39 Å². The molecule has 2 aromatic rings. The van der Waals surface area contributed by atoms with Crippen molar-refractivity contribution in [3.63, 3.8) is 0 Å². The normalized spacial score (nSPS) is 9.92. The summed E-state index contributed by atoms with van der Waals surface area (Å²) in [6.07, 6.45) is 1.59. The summed E-state index contributed by atoms with van der Waals surface area (Å²) in [7, 11) is 0. The van der Waals surface area contributed by atoms with Crippen LogP contribution in [0.15, 0.2) is 42.6 Å². The first kappa shape index (κ1) is 7.86. The average molecular weight is 174 g/mol. The van der Waals surface area contributed by atoms with Crippen LogP contribution in [0.25, 0.3) is 11.3 Å². The van der Waals surface area contributed by atoms with E-state index in [0.29, 0.717) is 5.69 Å². The summed E-state index contributed by atoms with van der Waals surface area (Å²) in [4.78, 5) is 0. The standard InChI is InChI=1S/C10H7FN2/c11-9-4-1-3-8(7-9)10-5-2-6-12-13-10/h1-7H. The van der Waals surface area contributed by atoms with E-state index >= 15 is 0 Å². The summed E-state index contributed by atoms with van der Waals surface area (Å²) in [5, 5.41) is 7.59. The third kappa shape index (κ3) is 1.69. The SMILES string of the molecule is Fc1cccc(-c2cccnn2)c1. The zero-order valence-electron chi connectivity index (χ0n) is 6.81. The number of halogens is 1. The molecule has 13 heavy (non-hydrogen) atoms. The Morgan fingerprint density at radius 1 is 1.08 bits per heavy atom. The highest BCUT2D eigenvalue weighted by molar-refractivity contribution is 5.57. The first-order valence-corrected chi connectivity index (χ1v) is 3.90.